The lowest BCUT2D eigenvalue weighted by atomic mass is 9.72. The van der Waals surface area contributed by atoms with Gasteiger partial charge in [0.25, 0.3) is 0 Å². The number of carbonyl (C=O) groups is 1. The highest BCUT2D eigenvalue weighted by atomic mass is 16.4. The average Bonchev–Trinajstić information content (AvgIpc) is 2.48. The molecule has 20 heavy (non-hydrogen) atoms. The Morgan fingerprint density at radius 1 is 1.30 bits per heavy atom. The molecule has 0 saturated heterocycles. The van der Waals surface area contributed by atoms with Crippen molar-refractivity contribution >= 4 is 5.97 Å². The third-order valence-electron chi connectivity index (χ3n) is 4.67. The third-order valence-corrected chi connectivity index (χ3v) is 4.67. The molecule has 2 N–H and O–H groups in total. The molecule has 0 aliphatic heterocycles. The largest absolute Gasteiger partial charge is 0.478 e. The van der Waals surface area contributed by atoms with E-state index in [1.165, 1.54) is 38.5 Å². The van der Waals surface area contributed by atoms with E-state index in [1.807, 2.05) is 12.1 Å². The molecule has 3 heteroatoms. The van der Waals surface area contributed by atoms with E-state index in [1.54, 1.807) is 12.1 Å². The van der Waals surface area contributed by atoms with Crippen molar-refractivity contribution < 1.29 is 9.90 Å². The summed E-state index contributed by atoms with van der Waals surface area (Å²) in [6.07, 6.45) is 7.96. The van der Waals surface area contributed by atoms with Gasteiger partial charge in [0, 0.05) is 13.1 Å². The number of rotatable bonds is 6. The van der Waals surface area contributed by atoms with Crippen LogP contribution in [0.15, 0.2) is 24.3 Å². The van der Waals surface area contributed by atoms with Crippen LogP contribution in [0.4, 0.5) is 0 Å². The number of hydrogen-bond acceptors (Lipinski definition) is 2. The van der Waals surface area contributed by atoms with E-state index in [0.717, 1.165) is 18.7 Å². The van der Waals surface area contributed by atoms with Crippen LogP contribution in [-0.2, 0) is 6.54 Å². The van der Waals surface area contributed by atoms with Gasteiger partial charge in [-0.3, -0.25) is 0 Å². The van der Waals surface area contributed by atoms with Gasteiger partial charge in [-0.15, -0.1) is 0 Å². The summed E-state index contributed by atoms with van der Waals surface area (Å²) < 4.78 is 0. The SMILES string of the molecule is CCC1(CNCc2cccc(C(=O)O)c2)CCCCC1. The van der Waals surface area contributed by atoms with Crippen LogP contribution < -0.4 is 5.32 Å². The van der Waals surface area contributed by atoms with E-state index in [0.29, 0.717) is 11.0 Å². The Labute approximate surface area is 121 Å². The molecule has 0 radical (unpaired) electrons. The van der Waals surface area contributed by atoms with Crippen molar-refractivity contribution in [1.82, 2.24) is 5.32 Å². The molecule has 3 nitrogen and oxygen atoms in total. The van der Waals surface area contributed by atoms with Gasteiger partial charge in [-0.2, -0.15) is 0 Å². The second-order valence-electron chi connectivity index (χ2n) is 6.02. The van der Waals surface area contributed by atoms with Crippen molar-refractivity contribution in [2.24, 2.45) is 5.41 Å². The third kappa shape index (κ3) is 3.83. The van der Waals surface area contributed by atoms with Crippen molar-refractivity contribution in [3.63, 3.8) is 0 Å². The lowest BCUT2D eigenvalue weighted by Crippen LogP contribution is -2.35. The second-order valence-corrected chi connectivity index (χ2v) is 6.02. The minimum Gasteiger partial charge on any atom is -0.478 e. The Balaban J connectivity index is 1.88. The normalized spacial score (nSPS) is 17.9. The molecule has 1 fully saturated rings. The predicted octanol–water partition coefficient (Wildman–Crippen LogP) is 3.83. The Bertz CT molecular complexity index is 450. The molecule has 0 atom stereocenters. The van der Waals surface area contributed by atoms with Crippen LogP contribution in [0.25, 0.3) is 0 Å². The monoisotopic (exact) mass is 275 g/mol. The average molecular weight is 275 g/mol. The maximum absolute atomic E-state index is 11.0. The molecule has 0 spiro atoms. The van der Waals surface area contributed by atoms with Gasteiger partial charge < -0.3 is 10.4 Å². The highest BCUT2D eigenvalue weighted by Crippen LogP contribution is 2.38. The number of aromatic carboxylic acids is 1. The summed E-state index contributed by atoms with van der Waals surface area (Å²) in [5, 5.41) is 12.5. The minimum atomic E-state index is -0.857. The molecule has 0 aromatic heterocycles. The van der Waals surface area contributed by atoms with Gasteiger partial charge in [0.05, 0.1) is 5.56 Å². The topological polar surface area (TPSA) is 49.3 Å². The van der Waals surface area contributed by atoms with E-state index < -0.39 is 5.97 Å². The van der Waals surface area contributed by atoms with Crippen LogP contribution in [-0.4, -0.2) is 17.6 Å². The van der Waals surface area contributed by atoms with Gasteiger partial charge in [0.1, 0.15) is 0 Å². The summed E-state index contributed by atoms with van der Waals surface area (Å²) in [7, 11) is 0. The van der Waals surface area contributed by atoms with Crippen molar-refractivity contribution in [2.75, 3.05) is 6.54 Å². The summed E-state index contributed by atoms with van der Waals surface area (Å²) in [6, 6.07) is 7.20. The van der Waals surface area contributed by atoms with Gasteiger partial charge in [-0.1, -0.05) is 38.3 Å². The van der Waals surface area contributed by atoms with Crippen LogP contribution in [0.5, 0.6) is 0 Å². The first kappa shape index (κ1) is 15.0. The van der Waals surface area contributed by atoms with E-state index >= 15 is 0 Å². The fourth-order valence-corrected chi connectivity index (χ4v) is 3.24. The second kappa shape index (κ2) is 6.89. The summed E-state index contributed by atoms with van der Waals surface area (Å²) >= 11 is 0. The first-order valence-electron chi connectivity index (χ1n) is 7.68. The fraction of sp³-hybridized carbons (Fsp3) is 0.588. The molecule has 2 rings (SSSR count). The summed E-state index contributed by atoms with van der Waals surface area (Å²) in [4.78, 5) is 11.0. The number of carboxylic acid groups (broad SMARTS) is 1. The van der Waals surface area contributed by atoms with Crippen LogP contribution in [0.1, 0.15) is 61.4 Å². The van der Waals surface area contributed by atoms with E-state index in [-0.39, 0.29) is 0 Å². The first-order valence-corrected chi connectivity index (χ1v) is 7.68. The lowest BCUT2D eigenvalue weighted by molar-refractivity contribution is 0.0696. The van der Waals surface area contributed by atoms with Crippen LogP contribution >= 0.6 is 0 Å². The van der Waals surface area contributed by atoms with E-state index in [2.05, 4.69) is 12.2 Å². The Morgan fingerprint density at radius 2 is 2.05 bits per heavy atom. The van der Waals surface area contributed by atoms with E-state index in [9.17, 15) is 4.79 Å². The van der Waals surface area contributed by atoms with E-state index in [4.69, 9.17) is 5.11 Å². The standard InChI is InChI=1S/C17H25NO2/c1-2-17(9-4-3-5-10-17)13-18-12-14-7-6-8-15(11-14)16(19)20/h6-8,11,18H,2-5,9-10,12-13H2,1H3,(H,19,20). The van der Waals surface area contributed by atoms with Crippen molar-refractivity contribution in [3.05, 3.63) is 35.4 Å². The lowest BCUT2D eigenvalue weighted by Gasteiger charge is -2.36. The quantitative estimate of drug-likeness (QED) is 0.829. The zero-order chi connectivity index (χ0) is 14.4. The molecule has 0 amide bonds. The molecule has 0 heterocycles. The molecule has 1 saturated carbocycles. The molecule has 1 aromatic carbocycles. The Hall–Kier alpha value is -1.35. The van der Waals surface area contributed by atoms with Gasteiger partial charge in [0.15, 0.2) is 0 Å². The molecule has 110 valence electrons. The maximum atomic E-state index is 11.0. The van der Waals surface area contributed by atoms with Gasteiger partial charge in [-0.25, -0.2) is 4.79 Å². The van der Waals surface area contributed by atoms with Crippen LogP contribution in [0.2, 0.25) is 0 Å². The zero-order valence-electron chi connectivity index (χ0n) is 12.3. The molecule has 0 unspecified atom stereocenters. The highest BCUT2D eigenvalue weighted by molar-refractivity contribution is 5.87. The van der Waals surface area contributed by atoms with Crippen LogP contribution in [0.3, 0.4) is 0 Å². The van der Waals surface area contributed by atoms with Crippen molar-refractivity contribution in [2.45, 2.75) is 52.0 Å². The highest BCUT2D eigenvalue weighted by Gasteiger charge is 2.29. The zero-order valence-corrected chi connectivity index (χ0v) is 12.3. The number of nitrogens with one attached hydrogen (secondary N) is 1. The first-order chi connectivity index (χ1) is 9.65. The molecule has 1 aliphatic rings. The number of carboxylic acids is 1. The number of hydrogen-bond donors (Lipinski definition) is 2. The molecular formula is C17H25NO2. The molecule has 1 aromatic rings. The van der Waals surface area contributed by atoms with Gasteiger partial charge in [0.2, 0.25) is 0 Å². The number of benzene rings is 1. The van der Waals surface area contributed by atoms with Gasteiger partial charge >= 0.3 is 5.97 Å². The fourth-order valence-electron chi connectivity index (χ4n) is 3.24. The molecule has 0 bridgehead atoms. The summed E-state index contributed by atoms with van der Waals surface area (Å²) in [5.41, 5.74) is 1.88. The maximum Gasteiger partial charge on any atom is 0.335 e. The molecular weight excluding hydrogens is 250 g/mol. The van der Waals surface area contributed by atoms with Crippen molar-refractivity contribution in [1.29, 1.82) is 0 Å². The predicted molar refractivity (Wildman–Crippen MR) is 80.9 cm³/mol. The molecule has 1 aliphatic carbocycles. The smallest absolute Gasteiger partial charge is 0.335 e. The van der Waals surface area contributed by atoms with Gasteiger partial charge in [-0.05, 0) is 42.4 Å². The van der Waals surface area contributed by atoms with Crippen molar-refractivity contribution in [3.8, 4) is 0 Å². The Kier molecular flexibility index (Phi) is 5.18. The summed E-state index contributed by atoms with van der Waals surface area (Å²) in [5.74, 6) is -0.857. The van der Waals surface area contributed by atoms with Crippen LogP contribution in [0, 0.1) is 5.41 Å². The minimum absolute atomic E-state index is 0.368. The Morgan fingerprint density at radius 3 is 2.70 bits per heavy atom. The summed E-state index contributed by atoms with van der Waals surface area (Å²) in [6.45, 7) is 4.09.